The molecule has 1 amide bonds. The van der Waals surface area contributed by atoms with E-state index >= 15 is 0 Å². The summed E-state index contributed by atoms with van der Waals surface area (Å²) in [5, 5.41) is 0.550. The van der Waals surface area contributed by atoms with E-state index in [2.05, 4.69) is 4.98 Å². The van der Waals surface area contributed by atoms with Crippen LogP contribution in [-0.2, 0) is 16.4 Å². The van der Waals surface area contributed by atoms with Crippen molar-refractivity contribution in [2.45, 2.75) is 15.6 Å². The number of benzene rings is 1. The van der Waals surface area contributed by atoms with E-state index in [0.29, 0.717) is 10.6 Å². The third-order valence-electron chi connectivity index (χ3n) is 2.77. The van der Waals surface area contributed by atoms with Gasteiger partial charge < -0.3 is 10.6 Å². The fourth-order valence-corrected chi connectivity index (χ4v) is 4.19. The Labute approximate surface area is 127 Å². The summed E-state index contributed by atoms with van der Waals surface area (Å²) < 4.78 is 25.1. The maximum Gasteiger partial charge on any atom is 0.253 e. The van der Waals surface area contributed by atoms with E-state index < -0.39 is 9.84 Å². The van der Waals surface area contributed by atoms with Crippen LogP contribution in [0, 0.1) is 0 Å². The Morgan fingerprint density at radius 2 is 2.10 bits per heavy atom. The lowest BCUT2D eigenvalue weighted by Gasteiger charge is -2.11. The lowest BCUT2D eigenvalue weighted by molar-refractivity contribution is 0.0827. The summed E-state index contributed by atoms with van der Waals surface area (Å²) in [6.07, 6.45) is 1.29. The smallest absolute Gasteiger partial charge is 0.253 e. The Kier molecular flexibility index (Phi) is 4.40. The summed E-state index contributed by atoms with van der Waals surface area (Å²) >= 11 is 1.04. The van der Waals surface area contributed by atoms with Gasteiger partial charge in [-0.1, -0.05) is 6.07 Å². The quantitative estimate of drug-likeness (QED) is 0.909. The first kappa shape index (κ1) is 15.6. The Balaban J connectivity index is 2.45. The van der Waals surface area contributed by atoms with Gasteiger partial charge in [-0.15, -0.1) is 11.3 Å². The van der Waals surface area contributed by atoms with Crippen molar-refractivity contribution < 1.29 is 13.2 Å². The van der Waals surface area contributed by atoms with E-state index in [-0.39, 0.29) is 21.6 Å². The van der Waals surface area contributed by atoms with Gasteiger partial charge in [-0.3, -0.25) is 4.79 Å². The van der Waals surface area contributed by atoms with Gasteiger partial charge in [0.1, 0.15) is 9.22 Å². The molecule has 0 saturated heterocycles. The summed E-state index contributed by atoms with van der Waals surface area (Å²) in [5.74, 6) is -0.251. The van der Waals surface area contributed by atoms with E-state index in [0.717, 1.165) is 11.3 Å². The molecule has 0 aliphatic heterocycles. The lowest BCUT2D eigenvalue weighted by atomic mass is 10.2. The molecule has 0 aliphatic carbocycles. The van der Waals surface area contributed by atoms with E-state index in [9.17, 15) is 13.2 Å². The number of amides is 1. The minimum Gasteiger partial charge on any atom is -0.345 e. The number of hydrogen-bond acceptors (Lipinski definition) is 6. The van der Waals surface area contributed by atoms with E-state index in [4.69, 9.17) is 5.73 Å². The Morgan fingerprint density at radius 1 is 1.38 bits per heavy atom. The van der Waals surface area contributed by atoms with Crippen LogP contribution in [0.5, 0.6) is 0 Å². The van der Waals surface area contributed by atoms with Crippen molar-refractivity contribution in [2.24, 2.45) is 5.73 Å². The maximum absolute atomic E-state index is 12.5. The molecule has 1 aromatic heterocycles. The minimum absolute atomic E-state index is 0.0717. The van der Waals surface area contributed by atoms with Crippen molar-refractivity contribution in [3.63, 3.8) is 0 Å². The fourth-order valence-electron chi connectivity index (χ4n) is 1.68. The Bertz CT molecular complexity index is 766. The van der Waals surface area contributed by atoms with Crippen LogP contribution >= 0.6 is 11.3 Å². The molecule has 0 unspecified atom stereocenters. The molecule has 0 spiro atoms. The van der Waals surface area contributed by atoms with E-state index in [1.54, 1.807) is 26.2 Å². The summed E-state index contributed by atoms with van der Waals surface area (Å²) in [7, 11) is -0.458. The van der Waals surface area contributed by atoms with Crippen LogP contribution < -0.4 is 5.73 Å². The molecular weight excluding hydrogens is 310 g/mol. The molecule has 0 fully saturated rings. The third-order valence-corrected chi connectivity index (χ3v) is 6.00. The van der Waals surface area contributed by atoms with Crippen molar-refractivity contribution >= 4 is 27.1 Å². The van der Waals surface area contributed by atoms with Crippen LogP contribution in [0.15, 0.2) is 39.6 Å². The number of sulfone groups is 1. The topological polar surface area (TPSA) is 93.4 Å². The van der Waals surface area contributed by atoms with Crippen LogP contribution in [0.4, 0.5) is 0 Å². The predicted molar refractivity (Wildman–Crippen MR) is 79.9 cm³/mol. The minimum atomic E-state index is -3.68. The van der Waals surface area contributed by atoms with Crippen molar-refractivity contribution in [1.82, 2.24) is 9.88 Å². The normalized spacial score (nSPS) is 11.4. The summed E-state index contributed by atoms with van der Waals surface area (Å²) in [4.78, 5) is 17.3. The molecule has 2 N–H and O–H groups in total. The molecular formula is C13H15N3O3S2. The van der Waals surface area contributed by atoms with Gasteiger partial charge in [0.25, 0.3) is 5.91 Å². The molecule has 0 radical (unpaired) electrons. The zero-order valence-electron chi connectivity index (χ0n) is 11.6. The van der Waals surface area contributed by atoms with Gasteiger partial charge in [-0.2, -0.15) is 0 Å². The van der Waals surface area contributed by atoms with E-state index in [1.165, 1.54) is 23.2 Å². The number of nitrogens with two attached hydrogens (primary N) is 1. The average molecular weight is 325 g/mol. The third kappa shape index (κ3) is 3.12. The molecule has 21 heavy (non-hydrogen) atoms. The largest absolute Gasteiger partial charge is 0.345 e. The summed E-state index contributed by atoms with van der Waals surface area (Å²) in [6.45, 7) is 0.194. The number of carbonyl (C=O) groups excluding carboxylic acids is 1. The molecule has 0 saturated carbocycles. The molecule has 112 valence electrons. The number of thiazole rings is 1. The van der Waals surface area contributed by atoms with Gasteiger partial charge in [-0.05, 0) is 18.2 Å². The van der Waals surface area contributed by atoms with Crippen molar-refractivity contribution in [1.29, 1.82) is 0 Å². The number of aromatic nitrogens is 1. The molecule has 1 aromatic carbocycles. The van der Waals surface area contributed by atoms with Gasteiger partial charge in [0.05, 0.1) is 11.1 Å². The van der Waals surface area contributed by atoms with Gasteiger partial charge >= 0.3 is 0 Å². The Hall–Kier alpha value is -1.77. The second kappa shape index (κ2) is 5.92. The molecule has 6 nitrogen and oxygen atoms in total. The fraction of sp³-hybridized carbons (Fsp3) is 0.231. The van der Waals surface area contributed by atoms with Crippen LogP contribution in [0.25, 0.3) is 0 Å². The first-order valence-electron chi connectivity index (χ1n) is 6.08. The standard InChI is InChI=1S/C13H15N3O3S2/c1-16(2)13(17)9-4-3-5-10(6-9)21(18,19)12-8-15-11(7-14)20-12/h3-6,8H,7,14H2,1-2H3. The van der Waals surface area contributed by atoms with Crippen LogP contribution in [0.3, 0.4) is 0 Å². The highest BCUT2D eigenvalue weighted by Gasteiger charge is 2.22. The predicted octanol–water partition coefficient (Wildman–Crippen LogP) is 1.14. The molecule has 1 heterocycles. The summed E-state index contributed by atoms with van der Waals surface area (Å²) in [6, 6.07) is 5.97. The number of carbonyl (C=O) groups is 1. The molecule has 8 heteroatoms. The highest BCUT2D eigenvalue weighted by molar-refractivity contribution is 7.93. The second-order valence-electron chi connectivity index (χ2n) is 4.51. The van der Waals surface area contributed by atoms with Crippen LogP contribution in [-0.4, -0.2) is 38.3 Å². The van der Waals surface area contributed by atoms with Crippen molar-refractivity contribution in [2.75, 3.05) is 14.1 Å². The van der Waals surface area contributed by atoms with Crippen LogP contribution in [0.1, 0.15) is 15.4 Å². The maximum atomic E-state index is 12.5. The highest BCUT2D eigenvalue weighted by atomic mass is 32.2. The monoisotopic (exact) mass is 325 g/mol. The number of nitrogens with zero attached hydrogens (tertiary/aromatic N) is 2. The van der Waals surface area contributed by atoms with Crippen molar-refractivity contribution in [3.8, 4) is 0 Å². The number of rotatable bonds is 4. The lowest BCUT2D eigenvalue weighted by Crippen LogP contribution is -2.21. The SMILES string of the molecule is CN(C)C(=O)c1cccc(S(=O)(=O)c2cnc(CN)s2)c1. The zero-order valence-corrected chi connectivity index (χ0v) is 13.2. The molecule has 0 aliphatic rings. The molecule has 0 atom stereocenters. The first-order valence-corrected chi connectivity index (χ1v) is 8.38. The van der Waals surface area contributed by atoms with E-state index in [1.807, 2.05) is 0 Å². The highest BCUT2D eigenvalue weighted by Crippen LogP contribution is 2.26. The number of hydrogen-bond donors (Lipinski definition) is 1. The molecule has 2 aromatic rings. The van der Waals surface area contributed by atoms with Gasteiger partial charge in [0.2, 0.25) is 9.84 Å². The average Bonchev–Trinajstić information content (AvgIpc) is 2.96. The first-order chi connectivity index (χ1) is 9.86. The second-order valence-corrected chi connectivity index (χ2v) is 7.80. The Morgan fingerprint density at radius 3 is 2.67 bits per heavy atom. The van der Waals surface area contributed by atoms with Crippen LogP contribution in [0.2, 0.25) is 0 Å². The van der Waals surface area contributed by atoms with Gasteiger partial charge in [0.15, 0.2) is 0 Å². The van der Waals surface area contributed by atoms with Gasteiger partial charge in [0, 0.05) is 26.2 Å². The molecule has 0 bridgehead atoms. The van der Waals surface area contributed by atoms with Gasteiger partial charge in [-0.25, -0.2) is 13.4 Å². The van der Waals surface area contributed by atoms with Crippen molar-refractivity contribution in [3.05, 3.63) is 41.0 Å². The zero-order chi connectivity index (χ0) is 15.6. The molecule has 2 rings (SSSR count). The summed E-state index contributed by atoms with van der Waals surface area (Å²) in [5.41, 5.74) is 5.77.